The van der Waals surface area contributed by atoms with Gasteiger partial charge in [-0.25, -0.2) is 4.98 Å². The Hall–Kier alpha value is -2.19. The number of benzene rings is 1. The molecule has 3 aromatic rings. The molecular formula is C28H36N6OS. The lowest BCUT2D eigenvalue weighted by Crippen LogP contribution is -2.64. The van der Waals surface area contributed by atoms with E-state index >= 15 is 0 Å². The molecule has 5 fully saturated rings. The molecule has 1 aromatic carbocycles. The van der Waals surface area contributed by atoms with Crippen LogP contribution in [0.5, 0.6) is 0 Å². The van der Waals surface area contributed by atoms with Gasteiger partial charge in [0.1, 0.15) is 5.52 Å². The van der Waals surface area contributed by atoms with E-state index in [0.717, 1.165) is 79.0 Å². The number of aryl methyl sites for hydroxylation is 1. The summed E-state index contributed by atoms with van der Waals surface area (Å²) in [7, 11) is 0. The van der Waals surface area contributed by atoms with Gasteiger partial charge in [-0.2, -0.15) is 0 Å². The highest BCUT2D eigenvalue weighted by Gasteiger charge is 2.53. The lowest BCUT2D eigenvalue weighted by molar-refractivity contribution is -0.135. The van der Waals surface area contributed by atoms with E-state index < -0.39 is 0 Å². The number of carbonyl (C=O) groups excluding carboxylic acids is 1. The van der Waals surface area contributed by atoms with Crippen LogP contribution < -0.4 is 0 Å². The molecule has 36 heavy (non-hydrogen) atoms. The van der Waals surface area contributed by atoms with Gasteiger partial charge in [-0.3, -0.25) is 9.69 Å². The second-order valence-electron chi connectivity index (χ2n) is 11.7. The van der Waals surface area contributed by atoms with Crippen LogP contribution in [0.15, 0.2) is 29.4 Å². The van der Waals surface area contributed by atoms with E-state index in [1.165, 1.54) is 50.3 Å². The summed E-state index contributed by atoms with van der Waals surface area (Å²) in [5, 5.41) is 10.6. The van der Waals surface area contributed by atoms with Gasteiger partial charge in [0, 0.05) is 43.6 Å². The van der Waals surface area contributed by atoms with Crippen molar-refractivity contribution >= 4 is 39.7 Å². The van der Waals surface area contributed by atoms with Crippen molar-refractivity contribution in [1.82, 2.24) is 29.5 Å². The summed E-state index contributed by atoms with van der Waals surface area (Å²) in [5.41, 5.74) is 3.30. The van der Waals surface area contributed by atoms with Gasteiger partial charge < -0.3 is 9.47 Å². The quantitative estimate of drug-likeness (QED) is 0.457. The SMILES string of the molecule is CCCn1c2ccccc2c2nnc(SCC(=O)N3CCN(C45CC6CC(CC(C6)C4)C5)CC3)nc21. The molecule has 0 spiro atoms. The number of hydrogen-bond donors (Lipinski definition) is 0. The van der Waals surface area contributed by atoms with Crippen LogP contribution in [-0.4, -0.2) is 72.9 Å². The summed E-state index contributed by atoms with van der Waals surface area (Å²) in [5.74, 6) is 3.47. The number of amides is 1. The number of thioether (sulfide) groups is 1. The fraction of sp³-hybridized carbons (Fsp3) is 0.643. The molecule has 2 aromatic heterocycles. The number of fused-ring (bicyclic) bond motifs is 3. The molecule has 0 unspecified atom stereocenters. The van der Waals surface area contributed by atoms with Crippen molar-refractivity contribution < 1.29 is 4.79 Å². The Morgan fingerprint density at radius 2 is 1.69 bits per heavy atom. The van der Waals surface area contributed by atoms with Gasteiger partial charge in [0.2, 0.25) is 11.1 Å². The number of rotatable bonds is 6. The molecule has 8 heteroatoms. The lowest BCUT2D eigenvalue weighted by Gasteiger charge is -2.61. The normalized spacial score (nSPS) is 30.0. The third kappa shape index (κ3) is 3.83. The second kappa shape index (κ2) is 8.98. The zero-order chi connectivity index (χ0) is 24.3. The van der Waals surface area contributed by atoms with Crippen LogP contribution in [0.2, 0.25) is 0 Å². The molecule has 0 radical (unpaired) electrons. The van der Waals surface area contributed by atoms with Crippen molar-refractivity contribution in [2.75, 3.05) is 31.9 Å². The van der Waals surface area contributed by atoms with Crippen molar-refractivity contribution in [2.45, 2.75) is 69.1 Å². The number of para-hydroxylation sites is 1. The maximum absolute atomic E-state index is 13.1. The minimum Gasteiger partial charge on any atom is -0.339 e. The molecule has 1 aliphatic heterocycles. The third-order valence-corrected chi connectivity index (χ3v) is 10.3. The first-order valence-electron chi connectivity index (χ1n) is 13.9. The van der Waals surface area contributed by atoms with E-state index in [1.807, 2.05) is 6.07 Å². The Morgan fingerprint density at radius 1 is 1.00 bits per heavy atom. The van der Waals surface area contributed by atoms with Crippen molar-refractivity contribution in [1.29, 1.82) is 0 Å². The van der Waals surface area contributed by atoms with Gasteiger partial charge in [0.05, 0.1) is 11.3 Å². The minimum absolute atomic E-state index is 0.197. The molecule has 4 bridgehead atoms. The Labute approximate surface area is 217 Å². The lowest BCUT2D eigenvalue weighted by atomic mass is 9.52. The molecule has 5 aliphatic rings. The first-order valence-corrected chi connectivity index (χ1v) is 14.9. The van der Waals surface area contributed by atoms with Crippen LogP contribution in [0, 0.1) is 17.8 Å². The van der Waals surface area contributed by atoms with Crippen LogP contribution in [0.25, 0.3) is 22.1 Å². The van der Waals surface area contributed by atoms with Crippen molar-refractivity contribution in [2.24, 2.45) is 17.8 Å². The fourth-order valence-electron chi connectivity index (χ4n) is 8.30. The molecule has 7 nitrogen and oxygen atoms in total. The second-order valence-corrected chi connectivity index (χ2v) is 12.7. The first kappa shape index (κ1) is 23.0. The predicted octanol–water partition coefficient (Wildman–Crippen LogP) is 4.59. The van der Waals surface area contributed by atoms with Crippen LogP contribution >= 0.6 is 11.8 Å². The fourth-order valence-corrected chi connectivity index (χ4v) is 8.99. The van der Waals surface area contributed by atoms with Gasteiger partial charge in [-0.05, 0) is 68.8 Å². The molecule has 0 N–H and O–H groups in total. The summed E-state index contributed by atoms with van der Waals surface area (Å²) in [6, 6.07) is 8.29. The summed E-state index contributed by atoms with van der Waals surface area (Å²) in [6.45, 7) is 6.83. The molecule has 4 saturated carbocycles. The van der Waals surface area contributed by atoms with E-state index in [0.29, 0.717) is 16.4 Å². The Bertz CT molecular complexity index is 1260. The van der Waals surface area contributed by atoms with Gasteiger partial charge in [0.15, 0.2) is 5.65 Å². The summed E-state index contributed by atoms with van der Waals surface area (Å²) >= 11 is 1.42. The number of aromatic nitrogens is 4. The third-order valence-electron chi connectivity index (χ3n) is 9.44. The summed E-state index contributed by atoms with van der Waals surface area (Å²) in [4.78, 5) is 22.8. The van der Waals surface area contributed by atoms with E-state index in [-0.39, 0.29) is 5.91 Å². The molecule has 1 amide bonds. The van der Waals surface area contributed by atoms with Gasteiger partial charge in [-0.1, -0.05) is 36.9 Å². The largest absolute Gasteiger partial charge is 0.339 e. The molecule has 3 heterocycles. The number of nitrogens with zero attached hydrogens (tertiary/aromatic N) is 6. The Morgan fingerprint density at radius 3 is 2.39 bits per heavy atom. The van der Waals surface area contributed by atoms with Gasteiger partial charge in [0.25, 0.3) is 0 Å². The molecular weight excluding hydrogens is 468 g/mol. The average molecular weight is 505 g/mol. The molecule has 1 saturated heterocycles. The van der Waals surface area contributed by atoms with E-state index in [9.17, 15) is 4.79 Å². The molecule has 8 rings (SSSR count). The number of carbonyl (C=O) groups is 1. The van der Waals surface area contributed by atoms with Crippen molar-refractivity contribution in [3.05, 3.63) is 24.3 Å². The highest BCUT2D eigenvalue weighted by Crippen LogP contribution is 2.57. The highest BCUT2D eigenvalue weighted by atomic mass is 32.2. The number of piperazine rings is 1. The van der Waals surface area contributed by atoms with Gasteiger partial charge >= 0.3 is 0 Å². The summed E-state index contributed by atoms with van der Waals surface area (Å²) < 4.78 is 2.23. The zero-order valence-corrected chi connectivity index (χ0v) is 22.1. The first-order chi connectivity index (χ1) is 17.6. The van der Waals surface area contributed by atoms with E-state index in [1.54, 1.807) is 0 Å². The monoisotopic (exact) mass is 504 g/mol. The molecule has 4 aliphatic carbocycles. The highest BCUT2D eigenvalue weighted by molar-refractivity contribution is 7.99. The molecule has 0 atom stereocenters. The van der Waals surface area contributed by atoms with Crippen LogP contribution in [0.1, 0.15) is 51.9 Å². The average Bonchev–Trinajstić information content (AvgIpc) is 3.20. The van der Waals surface area contributed by atoms with E-state index in [4.69, 9.17) is 4.98 Å². The van der Waals surface area contributed by atoms with E-state index in [2.05, 4.69) is 49.7 Å². The zero-order valence-electron chi connectivity index (χ0n) is 21.2. The van der Waals surface area contributed by atoms with Crippen molar-refractivity contribution in [3.63, 3.8) is 0 Å². The topological polar surface area (TPSA) is 67.2 Å². The van der Waals surface area contributed by atoms with Crippen molar-refractivity contribution in [3.8, 4) is 0 Å². The molecule has 190 valence electrons. The maximum atomic E-state index is 13.1. The predicted molar refractivity (Wildman–Crippen MR) is 143 cm³/mol. The summed E-state index contributed by atoms with van der Waals surface area (Å²) in [6.07, 6.45) is 9.69. The number of hydrogen-bond acceptors (Lipinski definition) is 6. The minimum atomic E-state index is 0.197. The van der Waals surface area contributed by atoms with Gasteiger partial charge in [-0.15, -0.1) is 10.2 Å². The Kier molecular flexibility index (Phi) is 5.73. The smallest absolute Gasteiger partial charge is 0.233 e. The van der Waals surface area contributed by atoms with Crippen LogP contribution in [0.4, 0.5) is 0 Å². The maximum Gasteiger partial charge on any atom is 0.233 e. The Balaban J connectivity index is 1.00. The van der Waals surface area contributed by atoms with Crippen LogP contribution in [-0.2, 0) is 11.3 Å². The van der Waals surface area contributed by atoms with Crippen LogP contribution in [0.3, 0.4) is 0 Å². The standard InChI is InChI=1S/C28H36N6OS/c1-2-7-34-23-6-4-3-5-22(23)25-26(34)29-27(31-30-25)36-18-24(35)32-8-10-33(11-9-32)28-15-19-12-20(16-28)14-21(13-19)17-28/h3-6,19-21H,2,7-18H2,1H3.